The summed E-state index contributed by atoms with van der Waals surface area (Å²) in [6.07, 6.45) is 0.867. The largest absolute Gasteiger partial charge is 0.367 e. The van der Waals surface area contributed by atoms with Gasteiger partial charge in [0.1, 0.15) is 23.1 Å². The van der Waals surface area contributed by atoms with Gasteiger partial charge in [0.15, 0.2) is 5.82 Å². The molecule has 1 fully saturated rings. The minimum Gasteiger partial charge on any atom is -0.367 e. The van der Waals surface area contributed by atoms with Gasteiger partial charge in [-0.3, -0.25) is 4.79 Å². The first-order valence-electron chi connectivity index (χ1n) is 11.8. The number of thioether (sulfide) groups is 1. The van der Waals surface area contributed by atoms with E-state index in [1.54, 1.807) is 18.7 Å². The maximum absolute atomic E-state index is 15.0. The molecule has 0 unspecified atom stereocenters. The Kier molecular flexibility index (Phi) is 6.95. The van der Waals surface area contributed by atoms with Gasteiger partial charge in [0.2, 0.25) is 11.9 Å². The number of anilines is 4. The van der Waals surface area contributed by atoms with E-state index in [0.29, 0.717) is 36.8 Å². The molecule has 7 nitrogen and oxygen atoms in total. The Morgan fingerprint density at radius 2 is 1.73 bits per heavy atom. The highest BCUT2D eigenvalue weighted by atomic mass is 32.2. The molecule has 3 heterocycles. The van der Waals surface area contributed by atoms with Gasteiger partial charge in [-0.2, -0.15) is 0 Å². The maximum atomic E-state index is 15.0. The Balaban J connectivity index is 1.48. The minimum absolute atomic E-state index is 0.0841. The monoisotopic (exact) mass is 532 g/mol. The second-order valence-corrected chi connectivity index (χ2v) is 9.97. The van der Waals surface area contributed by atoms with E-state index in [1.165, 1.54) is 11.0 Å². The van der Waals surface area contributed by atoms with E-state index >= 15 is 4.39 Å². The van der Waals surface area contributed by atoms with Gasteiger partial charge >= 0.3 is 0 Å². The molecule has 37 heavy (non-hydrogen) atoms. The molecule has 5 rings (SSSR count). The van der Waals surface area contributed by atoms with Crippen LogP contribution in [0.4, 0.5) is 40.6 Å². The fourth-order valence-corrected chi connectivity index (χ4v) is 5.38. The summed E-state index contributed by atoms with van der Waals surface area (Å²) in [6, 6.07) is 4.50. The van der Waals surface area contributed by atoms with Gasteiger partial charge in [-0.05, 0) is 26.0 Å². The van der Waals surface area contributed by atoms with Gasteiger partial charge in [-0.1, -0.05) is 0 Å². The van der Waals surface area contributed by atoms with Crippen molar-refractivity contribution in [2.75, 3.05) is 47.0 Å². The zero-order chi connectivity index (χ0) is 26.3. The summed E-state index contributed by atoms with van der Waals surface area (Å²) in [4.78, 5) is 23.9. The number of piperazine rings is 1. The number of aromatic nitrogens is 2. The van der Waals surface area contributed by atoms with Crippen LogP contribution in [0.2, 0.25) is 0 Å². The van der Waals surface area contributed by atoms with Crippen LogP contribution in [0.1, 0.15) is 13.8 Å². The summed E-state index contributed by atoms with van der Waals surface area (Å²) in [6.45, 7) is 6.02. The SMILES string of the molecule is CC(C)N1C(=O)CSc2c(F)cc(-c3nc(Nc4cc(F)c(N5CCNCC5)cc4F)ncc3F)cc21. The van der Waals surface area contributed by atoms with Crippen molar-refractivity contribution in [3.05, 3.63) is 53.7 Å². The number of hydrogen-bond acceptors (Lipinski definition) is 7. The molecule has 1 amide bonds. The van der Waals surface area contributed by atoms with Crippen molar-refractivity contribution < 1.29 is 22.4 Å². The number of rotatable bonds is 5. The molecule has 2 aromatic carbocycles. The van der Waals surface area contributed by atoms with E-state index in [4.69, 9.17) is 0 Å². The molecule has 2 N–H and O–H groups in total. The number of nitrogens with zero attached hydrogens (tertiary/aromatic N) is 4. The summed E-state index contributed by atoms with van der Waals surface area (Å²) in [5.41, 5.74) is 0.0935. The average molecular weight is 533 g/mol. The van der Waals surface area contributed by atoms with Crippen LogP contribution < -0.4 is 20.4 Å². The molecule has 0 bridgehead atoms. The Hall–Kier alpha value is -3.38. The number of nitrogens with one attached hydrogen (secondary N) is 2. The Morgan fingerprint density at radius 3 is 2.46 bits per heavy atom. The van der Waals surface area contributed by atoms with Gasteiger partial charge in [0.05, 0.1) is 33.9 Å². The molecule has 2 aliphatic rings. The number of carbonyl (C=O) groups is 1. The zero-order valence-electron chi connectivity index (χ0n) is 20.1. The van der Waals surface area contributed by atoms with E-state index < -0.39 is 23.3 Å². The molecular formula is C25H24F4N6OS. The van der Waals surface area contributed by atoms with Crippen molar-refractivity contribution in [1.29, 1.82) is 0 Å². The predicted octanol–water partition coefficient (Wildman–Crippen LogP) is 4.70. The number of halogens is 4. The third kappa shape index (κ3) is 4.95. The molecule has 1 aromatic heterocycles. The molecule has 3 aromatic rings. The fraction of sp³-hybridized carbons (Fsp3) is 0.320. The number of hydrogen-bond donors (Lipinski definition) is 2. The van der Waals surface area contributed by atoms with E-state index in [1.807, 2.05) is 0 Å². The van der Waals surface area contributed by atoms with E-state index in [9.17, 15) is 18.0 Å². The van der Waals surface area contributed by atoms with Gasteiger partial charge in [-0.25, -0.2) is 27.5 Å². The van der Waals surface area contributed by atoms with Crippen molar-refractivity contribution in [3.63, 3.8) is 0 Å². The van der Waals surface area contributed by atoms with Crippen LogP contribution in [-0.4, -0.2) is 53.8 Å². The van der Waals surface area contributed by atoms with Crippen LogP contribution >= 0.6 is 11.8 Å². The average Bonchev–Trinajstić information content (AvgIpc) is 2.87. The van der Waals surface area contributed by atoms with E-state index in [-0.39, 0.29) is 46.3 Å². The van der Waals surface area contributed by atoms with E-state index in [0.717, 1.165) is 36.2 Å². The highest BCUT2D eigenvalue weighted by molar-refractivity contribution is 8.00. The Morgan fingerprint density at radius 1 is 0.973 bits per heavy atom. The lowest BCUT2D eigenvalue weighted by Gasteiger charge is -2.32. The normalized spacial score (nSPS) is 15.8. The van der Waals surface area contributed by atoms with Crippen molar-refractivity contribution in [3.8, 4) is 11.3 Å². The fourth-order valence-electron chi connectivity index (χ4n) is 4.47. The van der Waals surface area contributed by atoms with Crippen molar-refractivity contribution >= 4 is 40.7 Å². The number of carbonyl (C=O) groups excluding carboxylic acids is 1. The highest BCUT2D eigenvalue weighted by Gasteiger charge is 2.30. The number of fused-ring (bicyclic) bond motifs is 1. The van der Waals surface area contributed by atoms with Crippen LogP contribution in [0.15, 0.2) is 35.4 Å². The van der Waals surface area contributed by atoms with Gasteiger partial charge < -0.3 is 20.4 Å². The first kappa shape index (κ1) is 25.3. The maximum Gasteiger partial charge on any atom is 0.237 e. The lowest BCUT2D eigenvalue weighted by Crippen LogP contribution is -2.43. The Bertz CT molecular complexity index is 1370. The topological polar surface area (TPSA) is 73.4 Å². The summed E-state index contributed by atoms with van der Waals surface area (Å²) in [5, 5.41) is 5.75. The highest BCUT2D eigenvalue weighted by Crippen LogP contribution is 2.41. The molecular weight excluding hydrogens is 508 g/mol. The van der Waals surface area contributed by atoms with Gasteiger partial charge in [0, 0.05) is 49.9 Å². The van der Waals surface area contributed by atoms with Crippen LogP contribution in [0.5, 0.6) is 0 Å². The minimum atomic E-state index is -0.837. The number of amides is 1. The molecule has 194 valence electrons. The van der Waals surface area contributed by atoms with Crippen molar-refractivity contribution in [2.24, 2.45) is 0 Å². The molecule has 0 atom stereocenters. The molecule has 2 aliphatic heterocycles. The third-order valence-electron chi connectivity index (χ3n) is 6.17. The summed E-state index contributed by atoms with van der Waals surface area (Å²) in [5.74, 6) is -3.08. The first-order chi connectivity index (χ1) is 17.7. The van der Waals surface area contributed by atoms with Crippen molar-refractivity contribution in [2.45, 2.75) is 24.8 Å². The molecule has 12 heteroatoms. The number of benzene rings is 2. The predicted molar refractivity (Wildman–Crippen MR) is 135 cm³/mol. The molecule has 0 spiro atoms. The first-order valence-corrected chi connectivity index (χ1v) is 12.7. The lowest BCUT2D eigenvalue weighted by atomic mass is 10.1. The second-order valence-electron chi connectivity index (χ2n) is 8.99. The summed E-state index contributed by atoms with van der Waals surface area (Å²) in [7, 11) is 0. The van der Waals surface area contributed by atoms with Crippen molar-refractivity contribution in [1.82, 2.24) is 15.3 Å². The molecule has 0 saturated carbocycles. The quantitative estimate of drug-likeness (QED) is 0.462. The van der Waals surface area contributed by atoms with E-state index in [2.05, 4.69) is 20.6 Å². The van der Waals surface area contributed by atoms with Gasteiger partial charge in [0.25, 0.3) is 0 Å². The smallest absolute Gasteiger partial charge is 0.237 e. The van der Waals surface area contributed by atoms with Crippen LogP contribution in [0.3, 0.4) is 0 Å². The molecule has 0 aliphatic carbocycles. The standard InChI is InChI=1S/C25H24F4N6OS/c1-13(2)35-21-8-14(7-17(28)24(21)37-12-22(35)36)23-18(29)11-31-25(33-23)32-19-9-16(27)20(10-15(19)26)34-5-3-30-4-6-34/h7-11,13,30H,3-6,12H2,1-2H3,(H,31,32,33). The zero-order valence-corrected chi connectivity index (χ0v) is 20.9. The van der Waals surface area contributed by atoms with Gasteiger partial charge in [-0.15, -0.1) is 11.8 Å². The lowest BCUT2D eigenvalue weighted by molar-refractivity contribution is -0.116. The molecule has 0 radical (unpaired) electrons. The van der Waals surface area contributed by atoms with Crippen LogP contribution in [0.25, 0.3) is 11.3 Å². The third-order valence-corrected chi connectivity index (χ3v) is 7.25. The molecule has 1 saturated heterocycles. The summed E-state index contributed by atoms with van der Waals surface area (Å²) >= 11 is 1.08. The van der Waals surface area contributed by atoms with Crippen LogP contribution in [-0.2, 0) is 4.79 Å². The second kappa shape index (κ2) is 10.2. The Labute approximate surface area is 215 Å². The van der Waals surface area contributed by atoms with Crippen LogP contribution in [0, 0.1) is 23.3 Å². The summed E-state index contributed by atoms with van der Waals surface area (Å²) < 4.78 is 59.5.